The standard InChI is InChI=1S/C30H31ClN2O3/c1-4-35-27-19-21(12-13-26(27)36-20-22-8-7-9-23(31)18-22)14-16-30-29(2,3)24-10-5-6-11-25(24)33(30)17-15-28(34)32-30/h5-14,16,18-19H,4,15,17,20H2,1-3H3,(H,32,34)/b16-14+/t30-/m1/s1. The van der Waals surface area contributed by atoms with E-state index >= 15 is 0 Å². The maximum Gasteiger partial charge on any atom is 0.223 e. The Bertz CT molecular complexity index is 1320. The second kappa shape index (κ2) is 9.55. The summed E-state index contributed by atoms with van der Waals surface area (Å²) in [7, 11) is 0. The van der Waals surface area contributed by atoms with Gasteiger partial charge in [0.1, 0.15) is 12.3 Å². The Labute approximate surface area is 217 Å². The van der Waals surface area contributed by atoms with Gasteiger partial charge in [0.15, 0.2) is 11.5 Å². The van der Waals surface area contributed by atoms with E-state index < -0.39 is 5.66 Å². The molecule has 0 aliphatic carbocycles. The van der Waals surface area contributed by atoms with Crippen LogP contribution in [0, 0.1) is 0 Å². The normalized spacial score (nSPS) is 20.1. The van der Waals surface area contributed by atoms with Crippen LogP contribution in [0.4, 0.5) is 5.69 Å². The Morgan fingerprint density at radius 3 is 2.67 bits per heavy atom. The lowest BCUT2D eigenvalue weighted by Gasteiger charge is -2.49. The van der Waals surface area contributed by atoms with E-state index in [-0.39, 0.29) is 11.3 Å². The molecule has 1 amide bonds. The van der Waals surface area contributed by atoms with Crippen molar-refractivity contribution in [3.05, 3.63) is 94.5 Å². The molecule has 5 nitrogen and oxygen atoms in total. The number of rotatable bonds is 7. The Balaban J connectivity index is 1.45. The number of fused-ring (bicyclic) bond motifs is 3. The van der Waals surface area contributed by atoms with Crippen LogP contribution in [0.25, 0.3) is 6.08 Å². The zero-order valence-corrected chi connectivity index (χ0v) is 21.6. The number of nitrogens with zero attached hydrogens (tertiary/aromatic N) is 1. The first-order chi connectivity index (χ1) is 17.3. The summed E-state index contributed by atoms with van der Waals surface area (Å²) in [5.41, 5.74) is 3.39. The molecule has 2 aliphatic heterocycles. The average Bonchev–Trinajstić information content (AvgIpc) is 3.06. The molecule has 0 radical (unpaired) electrons. The van der Waals surface area contributed by atoms with E-state index in [1.54, 1.807) is 0 Å². The maximum absolute atomic E-state index is 12.6. The van der Waals surface area contributed by atoms with Crippen LogP contribution in [-0.4, -0.2) is 24.7 Å². The van der Waals surface area contributed by atoms with Gasteiger partial charge in [-0.1, -0.05) is 67.9 Å². The van der Waals surface area contributed by atoms with Crippen LogP contribution in [0.2, 0.25) is 5.02 Å². The Morgan fingerprint density at radius 1 is 1.03 bits per heavy atom. The van der Waals surface area contributed by atoms with Crippen LogP contribution < -0.4 is 19.7 Å². The van der Waals surface area contributed by atoms with Gasteiger partial charge in [-0.25, -0.2) is 0 Å². The molecular formula is C30H31ClN2O3. The Hall–Kier alpha value is -3.44. The summed E-state index contributed by atoms with van der Waals surface area (Å²) in [6.07, 6.45) is 4.67. The summed E-state index contributed by atoms with van der Waals surface area (Å²) < 4.78 is 12.0. The van der Waals surface area contributed by atoms with Crippen molar-refractivity contribution < 1.29 is 14.3 Å². The molecule has 1 atom stereocenters. The molecule has 36 heavy (non-hydrogen) atoms. The third kappa shape index (κ3) is 4.22. The predicted octanol–water partition coefficient (Wildman–Crippen LogP) is 6.34. The topological polar surface area (TPSA) is 50.8 Å². The third-order valence-corrected chi connectivity index (χ3v) is 7.44. The van der Waals surface area contributed by atoms with E-state index in [0.29, 0.717) is 42.7 Å². The second-order valence-electron chi connectivity index (χ2n) is 9.75. The minimum absolute atomic E-state index is 0.0662. The van der Waals surface area contributed by atoms with Gasteiger partial charge in [-0.15, -0.1) is 0 Å². The monoisotopic (exact) mass is 502 g/mol. The summed E-state index contributed by atoms with van der Waals surface area (Å²) in [6, 6.07) is 22.0. The number of ether oxygens (including phenoxy) is 2. The van der Waals surface area contributed by atoms with Gasteiger partial charge in [0.2, 0.25) is 5.91 Å². The van der Waals surface area contributed by atoms with Crippen molar-refractivity contribution in [1.29, 1.82) is 0 Å². The number of halogens is 1. The molecule has 2 heterocycles. The first kappa shape index (κ1) is 24.3. The molecule has 5 rings (SSSR count). The first-order valence-corrected chi connectivity index (χ1v) is 12.7. The molecule has 1 N–H and O–H groups in total. The number of amides is 1. The lowest BCUT2D eigenvalue weighted by atomic mass is 9.74. The molecule has 0 saturated carbocycles. The molecule has 3 aromatic rings. The van der Waals surface area contributed by atoms with Gasteiger partial charge in [0.25, 0.3) is 0 Å². The highest BCUT2D eigenvalue weighted by Gasteiger charge is 2.57. The van der Waals surface area contributed by atoms with E-state index in [4.69, 9.17) is 21.1 Å². The molecule has 2 aliphatic rings. The third-order valence-electron chi connectivity index (χ3n) is 7.21. The van der Waals surface area contributed by atoms with E-state index in [1.807, 2.05) is 49.4 Å². The lowest BCUT2D eigenvalue weighted by Crippen LogP contribution is -2.68. The summed E-state index contributed by atoms with van der Waals surface area (Å²) >= 11 is 6.11. The van der Waals surface area contributed by atoms with Gasteiger partial charge in [-0.2, -0.15) is 0 Å². The largest absolute Gasteiger partial charge is 0.490 e. The van der Waals surface area contributed by atoms with Crippen molar-refractivity contribution in [2.45, 2.75) is 44.9 Å². The van der Waals surface area contributed by atoms with Gasteiger partial charge >= 0.3 is 0 Å². The fourth-order valence-corrected chi connectivity index (χ4v) is 5.55. The van der Waals surface area contributed by atoms with Crippen LogP contribution in [0.1, 0.15) is 43.9 Å². The van der Waals surface area contributed by atoms with Crippen molar-refractivity contribution >= 4 is 29.3 Å². The van der Waals surface area contributed by atoms with Gasteiger partial charge in [-0.05, 0) is 60.0 Å². The fourth-order valence-electron chi connectivity index (χ4n) is 5.34. The molecule has 186 valence electrons. The molecular weight excluding hydrogens is 472 g/mol. The van der Waals surface area contributed by atoms with Crippen molar-refractivity contribution in [3.8, 4) is 11.5 Å². The smallest absolute Gasteiger partial charge is 0.223 e. The lowest BCUT2D eigenvalue weighted by molar-refractivity contribution is -0.124. The summed E-state index contributed by atoms with van der Waals surface area (Å²) in [4.78, 5) is 15.0. The number of hydrogen-bond donors (Lipinski definition) is 1. The number of hydrogen-bond acceptors (Lipinski definition) is 4. The van der Waals surface area contributed by atoms with Gasteiger partial charge < -0.3 is 19.7 Å². The van der Waals surface area contributed by atoms with Crippen molar-refractivity contribution in [3.63, 3.8) is 0 Å². The van der Waals surface area contributed by atoms with E-state index in [2.05, 4.69) is 60.5 Å². The summed E-state index contributed by atoms with van der Waals surface area (Å²) in [5, 5.41) is 4.01. The highest BCUT2D eigenvalue weighted by Crippen LogP contribution is 2.52. The van der Waals surface area contributed by atoms with Gasteiger partial charge in [0.05, 0.1) is 6.61 Å². The van der Waals surface area contributed by atoms with E-state index in [1.165, 1.54) is 11.3 Å². The Kier molecular flexibility index (Phi) is 6.44. The molecule has 3 aromatic carbocycles. The van der Waals surface area contributed by atoms with Gasteiger partial charge in [0, 0.05) is 29.1 Å². The molecule has 0 unspecified atom stereocenters. The summed E-state index contributed by atoms with van der Waals surface area (Å²) in [6.45, 7) is 7.94. The van der Waals surface area contributed by atoms with Crippen LogP contribution in [0.3, 0.4) is 0 Å². The quantitative estimate of drug-likeness (QED) is 0.409. The number of carbonyl (C=O) groups is 1. The van der Waals surface area contributed by atoms with Crippen LogP contribution in [-0.2, 0) is 16.8 Å². The fraction of sp³-hybridized carbons (Fsp3) is 0.300. The number of nitrogens with one attached hydrogen (secondary N) is 1. The van der Waals surface area contributed by atoms with Crippen molar-refractivity contribution in [2.75, 3.05) is 18.1 Å². The highest BCUT2D eigenvalue weighted by molar-refractivity contribution is 6.30. The number of para-hydroxylation sites is 1. The maximum atomic E-state index is 12.6. The van der Waals surface area contributed by atoms with Crippen molar-refractivity contribution in [1.82, 2.24) is 5.32 Å². The van der Waals surface area contributed by atoms with Crippen LogP contribution in [0.5, 0.6) is 11.5 Å². The number of benzene rings is 3. The average molecular weight is 503 g/mol. The van der Waals surface area contributed by atoms with Crippen molar-refractivity contribution in [2.24, 2.45) is 0 Å². The second-order valence-corrected chi connectivity index (χ2v) is 10.2. The minimum atomic E-state index is -0.653. The summed E-state index contributed by atoms with van der Waals surface area (Å²) in [5.74, 6) is 1.42. The van der Waals surface area contributed by atoms with E-state index in [9.17, 15) is 4.79 Å². The zero-order chi connectivity index (χ0) is 25.3. The molecule has 0 aromatic heterocycles. The van der Waals surface area contributed by atoms with Crippen LogP contribution >= 0.6 is 11.6 Å². The SMILES string of the molecule is CCOc1cc(/C=C/[C@@]23NC(=O)CCN2c2ccccc2C3(C)C)ccc1OCc1cccc(Cl)c1. The molecule has 0 bridgehead atoms. The highest BCUT2D eigenvalue weighted by atomic mass is 35.5. The number of carbonyl (C=O) groups excluding carboxylic acids is 1. The molecule has 1 fully saturated rings. The zero-order valence-electron chi connectivity index (χ0n) is 20.9. The number of anilines is 1. The first-order valence-electron chi connectivity index (χ1n) is 12.4. The minimum Gasteiger partial charge on any atom is -0.490 e. The predicted molar refractivity (Wildman–Crippen MR) is 145 cm³/mol. The van der Waals surface area contributed by atoms with Crippen LogP contribution in [0.15, 0.2) is 72.8 Å². The van der Waals surface area contributed by atoms with E-state index in [0.717, 1.165) is 11.1 Å². The molecule has 6 heteroatoms. The molecule has 0 spiro atoms. The Morgan fingerprint density at radius 2 is 1.86 bits per heavy atom. The van der Waals surface area contributed by atoms with Gasteiger partial charge in [-0.3, -0.25) is 4.79 Å². The molecule has 1 saturated heterocycles.